The molecule has 1 aromatic heterocycles. The average molecular weight is 373 g/mol. The highest BCUT2D eigenvalue weighted by atomic mass is 16.2. The van der Waals surface area contributed by atoms with Gasteiger partial charge in [0.1, 0.15) is 6.04 Å². The van der Waals surface area contributed by atoms with Gasteiger partial charge in [-0.25, -0.2) is 0 Å². The predicted octanol–water partition coefficient (Wildman–Crippen LogP) is 3.55. The predicted molar refractivity (Wildman–Crippen MR) is 108 cm³/mol. The monoisotopic (exact) mass is 373 g/mol. The number of nitrogens with zero attached hydrogens (tertiary/aromatic N) is 1. The molecular formula is C23H23N3O2. The Labute approximate surface area is 163 Å². The number of rotatable bonds is 4. The number of benzene rings is 2. The number of aromatic nitrogens is 1. The van der Waals surface area contributed by atoms with Crippen molar-refractivity contribution in [2.75, 3.05) is 6.54 Å². The van der Waals surface area contributed by atoms with Gasteiger partial charge in [-0.2, -0.15) is 0 Å². The number of unbranched alkanes of at least 4 members (excludes halogenated alkanes) is 1. The fourth-order valence-electron chi connectivity index (χ4n) is 4.64. The van der Waals surface area contributed by atoms with Crippen molar-refractivity contribution in [3.8, 4) is 0 Å². The summed E-state index contributed by atoms with van der Waals surface area (Å²) in [5, 5.41) is 4.18. The maximum absolute atomic E-state index is 13.2. The molecule has 5 nitrogen and oxygen atoms in total. The molecule has 142 valence electrons. The first-order valence-corrected chi connectivity index (χ1v) is 9.99. The summed E-state index contributed by atoms with van der Waals surface area (Å²) in [6.07, 6.45) is 2.50. The van der Waals surface area contributed by atoms with E-state index in [1.165, 1.54) is 0 Å². The van der Waals surface area contributed by atoms with Crippen LogP contribution in [-0.4, -0.2) is 34.3 Å². The number of carbonyl (C=O) groups is 2. The lowest BCUT2D eigenvalue weighted by molar-refractivity contribution is -0.126. The van der Waals surface area contributed by atoms with Crippen molar-refractivity contribution in [1.82, 2.24) is 15.2 Å². The summed E-state index contributed by atoms with van der Waals surface area (Å²) in [6.45, 7) is 2.74. The van der Waals surface area contributed by atoms with Gasteiger partial charge < -0.3 is 15.2 Å². The zero-order valence-corrected chi connectivity index (χ0v) is 15.9. The van der Waals surface area contributed by atoms with E-state index in [0.717, 1.165) is 40.6 Å². The molecule has 0 unspecified atom stereocenters. The third-order valence-corrected chi connectivity index (χ3v) is 5.98. The molecule has 3 aromatic rings. The van der Waals surface area contributed by atoms with E-state index >= 15 is 0 Å². The van der Waals surface area contributed by atoms with E-state index in [9.17, 15) is 9.59 Å². The van der Waals surface area contributed by atoms with E-state index in [1.807, 2.05) is 36.4 Å². The molecule has 28 heavy (non-hydrogen) atoms. The van der Waals surface area contributed by atoms with Crippen LogP contribution in [0.1, 0.15) is 53.0 Å². The zero-order valence-electron chi connectivity index (χ0n) is 15.9. The number of hydrogen-bond donors (Lipinski definition) is 2. The van der Waals surface area contributed by atoms with E-state index in [2.05, 4.69) is 29.4 Å². The van der Waals surface area contributed by atoms with Crippen LogP contribution >= 0.6 is 0 Å². The van der Waals surface area contributed by atoms with Crippen LogP contribution in [0.4, 0.5) is 0 Å². The van der Waals surface area contributed by atoms with Crippen molar-refractivity contribution in [2.24, 2.45) is 0 Å². The van der Waals surface area contributed by atoms with Crippen LogP contribution in [0.2, 0.25) is 0 Å². The van der Waals surface area contributed by atoms with Gasteiger partial charge in [-0.3, -0.25) is 9.59 Å². The summed E-state index contributed by atoms with van der Waals surface area (Å²) in [6, 6.07) is 15.2. The molecule has 2 atom stereocenters. The fourth-order valence-corrected chi connectivity index (χ4v) is 4.64. The van der Waals surface area contributed by atoms with Crippen molar-refractivity contribution in [3.05, 3.63) is 70.9 Å². The van der Waals surface area contributed by atoms with Crippen LogP contribution in [-0.2, 0) is 11.2 Å². The molecule has 2 amide bonds. The minimum Gasteiger partial charge on any atom is -0.356 e. The SMILES string of the molecule is CCCCNC(=O)[C@@H]1Cc2c([nH]c3ccccc23)[C@@H]2c3ccccc3C(=O)N21. The number of H-pyrrole nitrogens is 1. The molecular weight excluding hydrogens is 350 g/mol. The molecule has 3 heterocycles. The van der Waals surface area contributed by atoms with E-state index in [1.54, 1.807) is 4.90 Å². The molecule has 5 heteroatoms. The Bertz CT molecular complexity index is 1080. The molecule has 0 radical (unpaired) electrons. The number of aromatic amines is 1. The Hall–Kier alpha value is -3.08. The van der Waals surface area contributed by atoms with Crippen molar-refractivity contribution in [3.63, 3.8) is 0 Å². The summed E-state index contributed by atoms with van der Waals surface area (Å²) in [7, 11) is 0. The maximum Gasteiger partial charge on any atom is 0.255 e. The number of para-hydroxylation sites is 1. The Morgan fingerprint density at radius 2 is 1.96 bits per heavy atom. The average Bonchev–Trinajstić information content (AvgIpc) is 3.24. The molecule has 0 spiro atoms. The lowest BCUT2D eigenvalue weighted by Gasteiger charge is -2.37. The summed E-state index contributed by atoms with van der Waals surface area (Å²) in [4.78, 5) is 31.6. The second-order valence-corrected chi connectivity index (χ2v) is 7.63. The topological polar surface area (TPSA) is 65.2 Å². The summed E-state index contributed by atoms with van der Waals surface area (Å²) < 4.78 is 0. The van der Waals surface area contributed by atoms with Gasteiger partial charge >= 0.3 is 0 Å². The molecule has 0 fully saturated rings. The standard InChI is InChI=1S/C23H23N3O2/c1-2-3-12-24-22(27)19-13-17-14-8-6-7-11-18(14)25-20(17)21-15-9-4-5-10-16(15)23(28)26(19)21/h4-11,19,21,25H,2-3,12-13H2,1H3,(H,24,27)/t19-,21-/m0/s1. The van der Waals surface area contributed by atoms with E-state index in [-0.39, 0.29) is 17.9 Å². The minimum atomic E-state index is -0.492. The highest BCUT2D eigenvalue weighted by molar-refractivity contribution is 6.03. The molecule has 0 bridgehead atoms. The molecule has 0 saturated heterocycles. The van der Waals surface area contributed by atoms with Crippen LogP contribution in [0, 0.1) is 0 Å². The lowest BCUT2D eigenvalue weighted by atomic mass is 9.90. The molecule has 0 saturated carbocycles. The Morgan fingerprint density at radius 3 is 2.82 bits per heavy atom. The molecule has 2 aromatic carbocycles. The number of nitrogens with one attached hydrogen (secondary N) is 2. The zero-order chi connectivity index (χ0) is 19.3. The van der Waals surface area contributed by atoms with Crippen molar-refractivity contribution < 1.29 is 9.59 Å². The quantitative estimate of drug-likeness (QED) is 0.687. The number of carbonyl (C=O) groups excluding carboxylic acids is 2. The Morgan fingerprint density at radius 1 is 1.18 bits per heavy atom. The highest BCUT2D eigenvalue weighted by Crippen LogP contribution is 2.46. The van der Waals surface area contributed by atoms with Gasteiger partial charge in [-0.15, -0.1) is 0 Å². The number of amides is 2. The van der Waals surface area contributed by atoms with Crippen molar-refractivity contribution >= 4 is 22.7 Å². The normalized spacial score (nSPS) is 20.0. The smallest absolute Gasteiger partial charge is 0.255 e. The second-order valence-electron chi connectivity index (χ2n) is 7.63. The van der Waals surface area contributed by atoms with Gasteiger partial charge in [0, 0.05) is 35.1 Å². The van der Waals surface area contributed by atoms with E-state index in [4.69, 9.17) is 0 Å². The molecule has 2 N–H and O–H groups in total. The summed E-state index contributed by atoms with van der Waals surface area (Å²) >= 11 is 0. The first-order valence-electron chi connectivity index (χ1n) is 9.99. The summed E-state index contributed by atoms with van der Waals surface area (Å²) in [5.41, 5.74) is 4.92. The number of fused-ring (bicyclic) bond motifs is 7. The third kappa shape index (κ3) is 2.39. The lowest BCUT2D eigenvalue weighted by Crippen LogP contribution is -2.52. The van der Waals surface area contributed by atoms with Crippen molar-refractivity contribution in [1.29, 1.82) is 0 Å². The molecule has 2 aliphatic heterocycles. The largest absolute Gasteiger partial charge is 0.356 e. The summed E-state index contributed by atoms with van der Waals surface area (Å²) in [5.74, 6) is -0.115. The van der Waals surface area contributed by atoms with Crippen LogP contribution in [0.5, 0.6) is 0 Å². The minimum absolute atomic E-state index is 0.0550. The molecule has 0 aliphatic carbocycles. The van der Waals surface area contributed by atoms with Crippen molar-refractivity contribution in [2.45, 2.75) is 38.3 Å². The number of hydrogen-bond acceptors (Lipinski definition) is 2. The van der Waals surface area contributed by atoms with Gasteiger partial charge in [0.15, 0.2) is 0 Å². The molecule has 5 rings (SSSR count). The first-order chi connectivity index (χ1) is 13.7. The Kier molecular flexibility index (Phi) is 3.97. The van der Waals surface area contributed by atoms with Gasteiger partial charge in [0.05, 0.1) is 6.04 Å². The highest BCUT2D eigenvalue weighted by Gasteiger charge is 2.48. The van der Waals surface area contributed by atoms with Crippen LogP contribution < -0.4 is 5.32 Å². The van der Waals surface area contributed by atoms with Crippen LogP contribution in [0.15, 0.2) is 48.5 Å². The van der Waals surface area contributed by atoms with Gasteiger partial charge in [0.25, 0.3) is 5.91 Å². The fraction of sp³-hybridized carbons (Fsp3) is 0.304. The van der Waals surface area contributed by atoms with Gasteiger partial charge in [-0.05, 0) is 29.7 Å². The van der Waals surface area contributed by atoms with E-state index in [0.29, 0.717) is 18.5 Å². The van der Waals surface area contributed by atoms with E-state index < -0.39 is 6.04 Å². The van der Waals surface area contributed by atoms with Crippen LogP contribution in [0.25, 0.3) is 10.9 Å². The first kappa shape index (κ1) is 17.0. The van der Waals surface area contributed by atoms with Crippen LogP contribution in [0.3, 0.4) is 0 Å². The van der Waals surface area contributed by atoms with Gasteiger partial charge in [0.2, 0.25) is 5.91 Å². The second kappa shape index (κ2) is 6.51. The maximum atomic E-state index is 13.2. The molecule has 2 aliphatic rings. The van der Waals surface area contributed by atoms with Gasteiger partial charge in [-0.1, -0.05) is 49.7 Å². The third-order valence-electron chi connectivity index (χ3n) is 5.98. The Balaban J connectivity index is 1.65.